The Morgan fingerprint density at radius 3 is 1.09 bits per heavy atom. The van der Waals surface area contributed by atoms with Crippen molar-refractivity contribution in [2.24, 2.45) is 0 Å². The molecule has 100 heavy (non-hydrogen) atoms. The van der Waals surface area contributed by atoms with Crippen LogP contribution in [0.5, 0.6) is 0 Å². The van der Waals surface area contributed by atoms with Crippen LogP contribution in [0.4, 0.5) is 0 Å². The molecule has 0 spiro atoms. The van der Waals surface area contributed by atoms with E-state index in [0.29, 0.717) is 5.56 Å². The molecular formula is C77H70O23. The minimum absolute atomic E-state index is 0.00810. The molecule has 0 unspecified atom stereocenters. The van der Waals surface area contributed by atoms with Gasteiger partial charge in [0.25, 0.3) is 0 Å². The summed E-state index contributed by atoms with van der Waals surface area (Å²) in [4.78, 5) is 102. The van der Waals surface area contributed by atoms with Gasteiger partial charge in [-0.3, -0.25) is 0 Å². The minimum atomic E-state index is -2.11. The quantitative estimate of drug-likeness (QED) is 0.0435. The van der Waals surface area contributed by atoms with Crippen LogP contribution in [0.3, 0.4) is 0 Å². The molecule has 8 aromatic carbocycles. The highest BCUT2D eigenvalue weighted by atomic mass is 16.8. The summed E-state index contributed by atoms with van der Waals surface area (Å²) in [7, 11) is 0. The highest BCUT2D eigenvalue weighted by Crippen LogP contribution is 2.42. The van der Waals surface area contributed by atoms with Crippen molar-refractivity contribution in [1.82, 2.24) is 0 Å². The second-order valence-corrected chi connectivity index (χ2v) is 24.0. The number of carbonyl (C=O) groups excluding carboxylic acids is 7. The van der Waals surface area contributed by atoms with E-state index in [2.05, 4.69) is 0 Å². The summed E-state index contributed by atoms with van der Waals surface area (Å²) in [6.07, 6.45) is -26.5. The van der Waals surface area contributed by atoms with Crippen LogP contribution >= 0.6 is 0 Å². The summed E-state index contributed by atoms with van der Waals surface area (Å²) in [5.41, 5.74) is 1.02. The first-order chi connectivity index (χ1) is 48.6. The fourth-order valence-electron chi connectivity index (χ4n) is 11.8. The maximum absolute atomic E-state index is 15.1. The summed E-state index contributed by atoms with van der Waals surface area (Å²) < 4.78 is 97.7. The van der Waals surface area contributed by atoms with E-state index in [4.69, 9.17) is 71.1 Å². The Balaban J connectivity index is 1.01. The van der Waals surface area contributed by atoms with Gasteiger partial charge in [0, 0.05) is 0 Å². The van der Waals surface area contributed by atoms with Gasteiger partial charge < -0.3 is 76.2 Å². The lowest BCUT2D eigenvalue weighted by atomic mass is 9.95. The predicted octanol–water partition coefficient (Wildman–Crippen LogP) is 9.50. The maximum atomic E-state index is 15.1. The molecule has 0 aromatic heterocycles. The Bertz CT molecular complexity index is 4030. The second kappa shape index (κ2) is 32.6. The van der Waals surface area contributed by atoms with E-state index < -0.39 is 160 Å². The predicted molar refractivity (Wildman–Crippen MR) is 350 cm³/mol. The summed E-state index contributed by atoms with van der Waals surface area (Å²) >= 11 is 0. The van der Waals surface area contributed by atoms with Crippen molar-refractivity contribution in [3.8, 4) is 0 Å². The Kier molecular flexibility index (Phi) is 22.7. The lowest BCUT2D eigenvalue weighted by Crippen LogP contribution is -2.68. The summed E-state index contributed by atoms with van der Waals surface area (Å²) in [6, 6.07) is 63.8. The smallest absolute Gasteiger partial charge is 0.340 e. The first-order valence-corrected chi connectivity index (χ1v) is 32.3. The van der Waals surface area contributed by atoms with E-state index >= 15 is 4.79 Å². The standard InChI is InChI=1S/C77H70O23/c1-77(2)99-61-57(46-88-68(80)49-31-15-5-16-32-49)89-74(58(78)62(61)100-77)97-64-59(92-69(81)50-33-17-6-18-34-50)55(44-86-43-47-27-11-3-12-28-47)90-75(66(64)95-72(84)53-39-23-9-24-40-53)96-60-56(45-87-67(79)48-29-13-4-14-30-48)91-76(98-73(85)54-41-25-10-26-42-54)65(94-71(83)52-37-21-8-22-38-52)63(60)93-70(82)51-35-19-7-20-36-51/h3-42,55-66,74-76,78H,43-46H2,1-2H3/t55-,56-,57-,58-,59+,60-,61+,62-,63+,64+,65+,66-,74+,75+,76-/m1/s1. The average Bonchev–Trinajstić information content (AvgIpc) is 1.22. The number of carbonyl (C=O) groups is 7. The zero-order chi connectivity index (χ0) is 69.5. The Morgan fingerprint density at radius 2 is 0.650 bits per heavy atom. The number of aliphatic hydroxyl groups excluding tert-OH is 1. The van der Waals surface area contributed by atoms with Crippen LogP contribution in [-0.4, -0.2) is 165 Å². The van der Waals surface area contributed by atoms with Crippen LogP contribution in [0.25, 0.3) is 0 Å². The zero-order valence-electron chi connectivity index (χ0n) is 54.0. The SMILES string of the molecule is CC1(C)O[C@@H]2[C@@H](O)[C@H](O[C@H]3[C@@H](OC(=O)c4ccccc4)[C@@H](COCc4ccccc4)O[C@@H](O[C@H]4[C@H](OC(=O)c5ccccc5)[C@H](OC(=O)c5ccccc5)[C@@H](OC(=O)c5ccccc5)O[C@@H]4COC(=O)c4ccccc4)[C@@H]3OC(=O)c3ccccc3)O[C@H](COC(=O)c3ccccc3)[C@@H]2O1. The van der Waals surface area contributed by atoms with Crippen molar-refractivity contribution in [2.45, 2.75) is 118 Å². The molecule has 0 radical (unpaired) electrons. The molecule has 4 aliphatic heterocycles. The van der Waals surface area contributed by atoms with Crippen LogP contribution in [0.1, 0.15) is 91.9 Å². The van der Waals surface area contributed by atoms with Gasteiger partial charge >= 0.3 is 41.8 Å². The number of rotatable bonds is 24. The number of hydrogen-bond acceptors (Lipinski definition) is 23. The number of aliphatic hydroxyl groups is 1. The second-order valence-electron chi connectivity index (χ2n) is 24.0. The van der Waals surface area contributed by atoms with Gasteiger partial charge in [0.2, 0.25) is 12.4 Å². The van der Waals surface area contributed by atoms with E-state index in [1.54, 1.807) is 178 Å². The monoisotopic (exact) mass is 1360 g/mol. The molecule has 23 heteroatoms. The molecule has 4 aliphatic rings. The van der Waals surface area contributed by atoms with E-state index in [0.717, 1.165) is 0 Å². The third-order valence-corrected chi connectivity index (χ3v) is 16.6. The number of hydrogen-bond donors (Lipinski definition) is 1. The number of fused-ring (bicyclic) bond motifs is 1. The molecule has 0 aliphatic carbocycles. The summed E-state index contributed by atoms with van der Waals surface area (Å²) in [5.74, 6) is -8.02. The van der Waals surface area contributed by atoms with Crippen molar-refractivity contribution in [3.05, 3.63) is 287 Å². The lowest BCUT2D eigenvalue weighted by molar-refractivity contribution is -0.374. The van der Waals surface area contributed by atoms with Crippen molar-refractivity contribution >= 4 is 41.8 Å². The van der Waals surface area contributed by atoms with E-state index in [1.807, 2.05) is 6.07 Å². The molecule has 23 nitrogen and oxygen atoms in total. The molecule has 0 amide bonds. The van der Waals surface area contributed by atoms with Crippen LogP contribution in [-0.2, 0) is 77.7 Å². The molecule has 0 bridgehead atoms. The van der Waals surface area contributed by atoms with Crippen molar-refractivity contribution in [2.75, 3.05) is 19.8 Å². The fourth-order valence-corrected chi connectivity index (χ4v) is 11.8. The van der Waals surface area contributed by atoms with Crippen molar-refractivity contribution < 1.29 is 110 Å². The lowest BCUT2D eigenvalue weighted by Gasteiger charge is -2.50. The van der Waals surface area contributed by atoms with E-state index in [-0.39, 0.29) is 45.6 Å². The molecule has 12 rings (SSSR count). The van der Waals surface area contributed by atoms with Gasteiger partial charge in [-0.25, -0.2) is 33.6 Å². The number of esters is 7. The first kappa shape index (κ1) is 69.6. The topological polar surface area (TPSA) is 278 Å². The van der Waals surface area contributed by atoms with Crippen molar-refractivity contribution in [3.63, 3.8) is 0 Å². The minimum Gasteiger partial charge on any atom is -0.459 e. The Morgan fingerprint density at radius 1 is 0.330 bits per heavy atom. The van der Waals surface area contributed by atoms with Gasteiger partial charge in [0.15, 0.2) is 36.7 Å². The number of ether oxygens (including phenoxy) is 15. The molecule has 1 N–H and O–H groups in total. The van der Waals surface area contributed by atoms with Crippen LogP contribution in [0.2, 0.25) is 0 Å². The molecule has 4 heterocycles. The van der Waals surface area contributed by atoms with Gasteiger partial charge in [-0.05, 0) is 104 Å². The largest absolute Gasteiger partial charge is 0.459 e. The summed E-state index contributed by atoms with van der Waals surface area (Å²) in [5, 5.41) is 12.7. The molecule has 4 saturated heterocycles. The van der Waals surface area contributed by atoms with Gasteiger partial charge in [0.05, 0.1) is 52.2 Å². The van der Waals surface area contributed by atoms with E-state index in [1.165, 1.54) is 72.8 Å². The van der Waals surface area contributed by atoms with Gasteiger partial charge in [0.1, 0.15) is 62.0 Å². The first-order valence-electron chi connectivity index (χ1n) is 32.3. The van der Waals surface area contributed by atoms with Crippen LogP contribution in [0, 0.1) is 0 Å². The van der Waals surface area contributed by atoms with Crippen LogP contribution in [0.15, 0.2) is 243 Å². The molecule has 8 aromatic rings. The van der Waals surface area contributed by atoms with Gasteiger partial charge in [-0.15, -0.1) is 0 Å². The Labute approximate surface area is 574 Å². The summed E-state index contributed by atoms with van der Waals surface area (Å²) in [6.45, 7) is 1.37. The molecule has 0 saturated carbocycles. The van der Waals surface area contributed by atoms with Crippen molar-refractivity contribution in [1.29, 1.82) is 0 Å². The third-order valence-electron chi connectivity index (χ3n) is 16.6. The molecule has 15 atom stereocenters. The third kappa shape index (κ3) is 17.2. The molecular weight excluding hydrogens is 1290 g/mol. The fraction of sp³-hybridized carbons (Fsp3) is 0.286. The Hall–Kier alpha value is -10.3. The van der Waals surface area contributed by atoms with Gasteiger partial charge in [-0.1, -0.05) is 158 Å². The van der Waals surface area contributed by atoms with Gasteiger partial charge in [-0.2, -0.15) is 0 Å². The number of benzene rings is 8. The highest BCUT2D eigenvalue weighted by molar-refractivity contribution is 5.93. The average molecular weight is 1360 g/mol. The zero-order valence-corrected chi connectivity index (χ0v) is 54.0. The normalized spacial score (nSPS) is 25.9. The molecule has 4 fully saturated rings. The maximum Gasteiger partial charge on any atom is 0.340 e. The van der Waals surface area contributed by atoms with E-state index in [9.17, 15) is 33.9 Å². The van der Waals surface area contributed by atoms with Crippen LogP contribution < -0.4 is 0 Å². The molecule has 516 valence electrons. The highest BCUT2D eigenvalue weighted by Gasteiger charge is 2.61.